The van der Waals surface area contributed by atoms with Gasteiger partial charge in [-0.05, 0) is 23.8 Å². The van der Waals surface area contributed by atoms with Gasteiger partial charge in [0, 0.05) is 31.7 Å². The summed E-state index contributed by atoms with van der Waals surface area (Å²) in [5.41, 5.74) is 3.25. The predicted molar refractivity (Wildman–Crippen MR) is 108 cm³/mol. The lowest BCUT2D eigenvalue weighted by molar-refractivity contribution is 0.0985. The summed E-state index contributed by atoms with van der Waals surface area (Å²) >= 11 is 0. The molecule has 0 aliphatic rings. The molecule has 138 valence electrons. The highest BCUT2D eigenvalue weighted by Gasteiger charge is 2.18. The van der Waals surface area contributed by atoms with E-state index in [9.17, 15) is 4.79 Å². The molecule has 5 heteroatoms. The number of anilines is 2. The molecule has 1 aromatic heterocycles. The molecule has 0 saturated heterocycles. The highest BCUT2D eigenvalue weighted by Crippen LogP contribution is 2.21. The molecule has 0 radical (unpaired) electrons. The Morgan fingerprint density at radius 2 is 1.74 bits per heavy atom. The lowest BCUT2D eigenvalue weighted by atomic mass is 10.1. The number of carbonyl (C=O) groups excluding carboxylic acids is 1. The average Bonchev–Trinajstić information content (AvgIpc) is 2.73. The Labute approximate surface area is 159 Å². The highest BCUT2D eigenvalue weighted by molar-refractivity contribution is 6.06. The third kappa shape index (κ3) is 5.15. The third-order valence-corrected chi connectivity index (χ3v) is 4.12. The van der Waals surface area contributed by atoms with Gasteiger partial charge in [-0.3, -0.25) is 9.78 Å². The summed E-state index contributed by atoms with van der Waals surface area (Å²) in [6.45, 7) is 1.73. The van der Waals surface area contributed by atoms with Crippen LogP contribution in [0.1, 0.15) is 15.9 Å². The summed E-state index contributed by atoms with van der Waals surface area (Å²) in [4.78, 5) is 19.3. The first-order valence-electron chi connectivity index (χ1n) is 8.86. The third-order valence-electron chi connectivity index (χ3n) is 4.12. The van der Waals surface area contributed by atoms with Crippen LogP contribution in [0, 0.1) is 0 Å². The molecule has 1 N–H and O–H groups in total. The maximum atomic E-state index is 13.3. The van der Waals surface area contributed by atoms with E-state index in [1.165, 1.54) is 0 Å². The molecule has 2 aromatic carbocycles. The number of para-hydroxylation sites is 1. The molecule has 0 aliphatic carbocycles. The van der Waals surface area contributed by atoms with E-state index >= 15 is 0 Å². The summed E-state index contributed by atoms with van der Waals surface area (Å²) in [6.07, 6.45) is 3.31. The second kappa shape index (κ2) is 9.50. The van der Waals surface area contributed by atoms with Crippen molar-refractivity contribution in [2.75, 3.05) is 30.5 Å². The highest BCUT2D eigenvalue weighted by atomic mass is 16.5. The van der Waals surface area contributed by atoms with Gasteiger partial charge in [0.25, 0.3) is 5.91 Å². The largest absolute Gasteiger partial charge is 0.383 e. The Kier molecular flexibility index (Phi) is 6.55. The summed E-state index contributed by atoms with van der Waals surface area (Å²) in [5.74, 6) is -0.0899. The van der Waals surface area contributed by atoms with Crippen LogP contribution in [0.15, 0.2) is 79.1 Å². The average molecular weight is 361 g/mol. The normalized spacial score (nSPS) is 10.4. The van der Waals surface area contributed by atoms with Crippen LogP contribution in [0.2, 0.25) is 0 Å². The molecule has 1 amide bonds. The number of nitrogens with one attached hydrogen (secondary N) is 1. The Hall–Kier alpha value is -3.18. The minimum Gasteiger partial charge on any atom is -0.383 e. The van der Waals surface area contributed by atoms with Gasteiger partial charge in [-0.15, -0.1) is 0 Å². The Morgan fingerprint density at radius 1 is 1.04 bits per heavy atom. The van der Waals surface area contributed by atoms with Crippen LogP contribution >= 0.6 is 0 Å². The van der Waals surface area contributed by atoms with E-state index in [1.54, 1.807) is 24.4 Å². The summed E-state index contributed by atoms with van der Waals surface area (Å²) in [6, 6.07) is 21.5. The number of benzene rings is 2. The van der Waals surface area contributed by atoms with Crippen LogP contribution in [-0.4, -0.2) is 31.2 Å². The zero-order valence-electron chi connectivity index (χ0n) is 15.3. The number of rotatable bonds is 8. The van der Waals surface area contributed by atoms with Gasteiger partial charge in [0.2, 0.25) is 0 Å². The fourth-order valence-corrected chi connectivity index (χ4v) is 2.76. The molecule has 0 fully saturated rings. The molecule has 0 saturated carbocycles. The van der Waals surface area contributed by atoms with E-state index in [0.29, 0.717) is 25.3 Å². The van der Waals surface area contributed by atoms with Crippen LogP contribution < -0.4 is 10.2 Å². The van der Waals surface area contributed by atoms with E-state index in [1.807, 2.05) is 66.7 Å². The summed E-state index contributed by atoms with van der Waals surface area (Å²) < 4.78 is 5.05. The first kappa shape index (κ1) is 18.6. The number of ether oxygens (including phenoxy) is 1. The van der Waals surface area contributed by atoms with Crippen molar-refractivity contribution in [1.82, 2.24) is 4.98 Å². The first-order valence-corrected chi connectivity index (χ1v) is 8.86. The summed E-state index contributed by atoms with van der Waals surface area (Å²) in [5, 5.41) is 3.21. The van der Waals surface area contributed by atoms with E-state index in [2.05, 4.69) is 10.3 Å². The molecule has 27 heavy (non-hydrogen) atoms. The van der Waals surface area contributed by atoms with Crippen molar-refractivity contribution >= 4 is 17.3 Å². The molecule has 3 aromatic rings. The molecule has 0 unspecified atom stereocenters. The topological polar surface area (TPSA) is 54.5 Å². The van der Waals surface area contributed by atoms with Gasteiger partial charge >= 0.3 is 0 Å². The van der Waals surface area contributed by atoms with Crippen molar-refractivity contribution in [1.29, 1.82) is 0 Å². The quantitative estimate of drug-likeness (QED) is 0.617. The monoisotopic (exact) mass is 361 g/mol. The maximum absolute atomic E-state index is 13.3. The van der Waals surface area contributed by atoms with Gasteiger partial charge < -0.3 is 15.0 Å². The minimum atomic E-state index is -0.0899. The Bertz CT molecular complexity index is 854. The molecular formula is C22H23N3O2. The van der Waals surface area contributed by atoms with Gasteiger partial charge in [0.05, 0.1) is 24.4 Å². The number of aromatic nitrogens is 1. The predicted octanol–water partition coefficient (Wildman–Crippen LogP) is 3.99. The second-order valence-electron chi connectivity index (χ2n) is 6.09. The Balaban J connectivity index is 1.85. The lowest BCUT2D eigenvalue weighted by Gasteiger charge is -2.23. The summed E-state index contributed by atoms with van der Waals surface area (Å²) in [7, 11) is 1.65. The van der Waals surface area contributed by atoms with Crippen LogP contribution in [0.4, 0.5) is 11.4 Å². The van der Waals surface area contributed by atoms with Crippen LogP contribution in [-0.2, 0) is 11.3 Å². The van der Waals surface area contributed by atoms with Gasteiger partial charge in [-0.2, -0.15) is 0 Å². The van der Waals surface area contributed by atoms with Gasteiger partial charge in [0.15, 0.2) is 0 Å². The van der Waals surface area contributed by atoms with E-state index < -0.39 is 0 Å². The number of hydrogen-bond acceptors (Lipinski definition) is 4. The molecule has 0 spiro atoms. The Morgan fingerprint density at radius 3 is 2.44 bits per heavy atom. The van der Waals surface area contributed by atoms with Crippen molar-refractivity contribution in [2.45, 2.75) is 6.54 Å². The smallest absolute Gasteiger partial charge is 0.260 e. The lowest BCUT2D eigenvalue weighted by Crippen LogP contribution is -2.30. The van der Waals surface area contributed by atoms with Gasteiger partial charge in [-0.25, -0.2) is 0 Å². The molecule has 3 rings (SSSR count). The molecule has 0 aliphatic heterocycles. The number of methoxy groups -OCH3 is 1. The number of carbonyl (C=O) groups is 1. The number of hydrogen-bond donors (Lipinski definition) is 1. The number of amides is 1. The molecule has 5 nitrogen and oxygen atoms in total. The van der Waals surface area contributed by atoms with Crippen molar-refractivity contribution in [2.24, 2.45) is 0 Å². The van der Waals surface area contributed by atoms with Gasteiger partial charge in [-0.1, -0.05) is 48.5 Å². The fraction of sp³-hybridized carbons (Fsp3) is 0.182. The van der Waals surface area contributed by atoms with E-state index in [-0.39, 0.29) is 5.91 Å². The van der Waals surface area contributed by atoms with Crippen molar-refractivity contribution in [3.05, 3.63) is 90.3 Å². The van der Waals surface area contributed by atoms with Crippen LogP contribution in [0.3, 0.4) is 0 Å². The van der Waals surface area contributed by atoms with Crippen molar-refractivity contribution in [3.63, 3.8) is 0 Å². The SMILES string of the molecule is COCCNc1cncc(C(=O)N(Cc2ccccc2)c2ccccc2)c1. The molecule has 0 atom stereocenters. The minimum absolute atomic E-state index is 0.0899. The second-order valence-corrected chi connectivity index (χ2v) is 6.09. The van der Waals surface area contributed by atoms with E-state index in [4.69, 9.17) is 4.74 Å². The van der Waals surface area contributed by atoms with Crippen molar-refractivity contribution < 1.29 is 9.53 Å². The van der Waals surface area contributed by atoms with Crippen LogP contribution in [0.5, 0.6) is 0 Å². The molecule has 1 heterocycles. The number of pyridine rings is 1. The van der Waals surface area contributed by atoms with E-state index in [0.717, 1.165) is 16.9 Å². The maximum Gasteiger partial charge on any atom is 0.260 e. The molecular weight excluding hydrogens is 338 g/mol. The number of nitrogens with zero attached hydrogens (tertiary/aromatic N) is 2. The zero-order valence-corrected chi connectivity index (χ0v) is 15.3. The molecule has 0 bridgehead atoms. The zero-order chi connectivity index (χ0) is 18.9. The standard InChI is InChI=1S/C22H23N3O2/c1-27-13-12-24-20-14-19(15-23-16-20)22(26)25(21-10-6-3-7-11-21)17-18-8-4-2-5-9-18/h2-11,14-16,24H,12-13,17H2,1H3. The van der Waals surface area contributed by atoms with Crippen molar-refractivity contribution in [3.8, 4) is 0 Å². The first-order chi connectivity index (χ1) is 13.3. The van der Waals surface area contributed by atoms with Gasteiger partial charge in [0.1, 0.15) is 0 Å². The van der Waals surface area contributed by atoms with Crippen LogP contribution in [0.25, 0.3) is 0 Å². The fourth-order valence-electron chi connectivity index (χ4n) is 2.76.